The molecule has 0 unspecified atom stereocenters. The van der Waals surface area contributed by atoms with Crippen LogP contribution < -0.4 is 10.6 Å². The van der Waals surface area contributed by atoms with E-state index in [0.29, 0.717) is 6.54 Å². The largest absolute Gasteiger partial charge is 0.452 e. The molecule has 0 spiro atoms. The van der Waals surface area contributed by atoms with E-state index in [1.807, 2.05) is 42.5 Å². The predicted octanol–water partition coefficient (Wildman–Crippen LogP) is 2.68. The van der Waals surface area contributed by atoms with Crippen molar-refractivity contribution in [3.05, 3.63) is 70.8 Å². The van der Waals surface area contributed by atoms with Gasteiger partial charge in [0, 0.05) is 6.54 Å². The summed E-state index contributed by atoms with van der Waals surface area (Å²) in [7, 11) is 0. The summed E-state index contributed by atoms with van der Waals surface area (Å²) >= 11 is 0. The third kappa shape index (κ3) is 5.42. The van der Waals surface area contributed by atoms with Crippen molar-refractivity contribution in [1.29, 1.82) is 0 Å². The van der Waals surface area contributed by atoms with Gasteiger partial charge in [0.15, 0.2) is 6.10 Å². The predicted molar refractivity (Wildman–Crippen MR) is 105 cm³/mol. The average Bonchev–Trinajstić information content (AvgIpc) is 3.15. The summed E-state index contributed by atoms with van der Waals surface area (Å²) in [5.41, 5.74) is 4.41. The molecule has 2 aromatic rings. The lowest BCUT2D eigenvalue weighted by Crippen LogP contribution is -2.44. The Morgan fingerprint density at radius 3 is 2.54 bits per heavy atom. The molecule has 0 saturated carbocycles. The zero-order valence-corrected chi connectivity index (χ0v) is 15.9. The Bertz CT molecular complexity index is 864. The van der Waals surface area contributed by atoms with Crippen molar-refractivity contribution < 1.29 is 19.1 Å². The van der Waals surface area contributed by atoms with Crippen molar-refractivity contribution in [3.63, 3.8) is 0 Å². The molecule has 0 heterocycles. The van der Waals surface area contributed by atoms with Gasteiger partial charge in [-0.25, -0.2) is 4.79 Å². The van der Waals surface area contributed by atoms with E-state index in [-0.39, 0.29) is 6.42 Å². The summed E-state index contributed by atoms with van der Waals surface area (Å²) in [5, 5.41) is 4.78. The standard InChI is InChI=1S/C22H24N2O4/c1-15(21(26)24-22(27)23-14-16-6-3-2-4-7-16)28-20(25)13-17-10-11-18-8-5-9-19(18)12-17/h2-4,6-7,10-12,15H,5,8-9,13-14H2,1H3,(H2,23,24,26,27)/t15-/m0/s1. The number of urea groups is 1. The Hall–Kier alpha value is -3.15. The van der Waals surface area contributed by atoms with Crippen molar-refractivity contribution >= 4 is 17.9 Å². The molecule has 6 nitrogen and oxygen atoms in total. The van der Waals surface area contributed by atoms with Crippen LogP contribution >= 0.6 is 0 Å². The van der Waals surface area contributed by atoms with Crippen LogP contribution in [-0.4, -0.2) is 24.0 Å². The van der Waals surface area contributed by atoms with Crippen LogP contribution in [0.15, 0.2) is 48.5 Å². The molecule has 0 fully saturated rings. The zero-order chi connectivity index (χ0) is 19.9. The number of fused-ring (bicyclic) bond motifs is 1. The van der Waals surface area contributed by atoms with Gasteiger partial charge in [-0.15, -0.1) is 0 Å². The normalized spacial score (nSPS) is 13.3. The molecule has 3 rings (SSSR count). The first-order valence-corrected chi connectivity index (χ1v) is 9.44. The first-order chi connectivity index (χ1) is 13.5. The molecular formula is C22H24N2O4. The molecule has 28 heavy (non-hydrogen) atoms. The molecule has 1 atom stereocenters. The molecule has 1 aliphatic carbocycles. The fourth-order valence-electron chi connectivity index (χ4n) is 3.23. The van der Waals surface area contributed by atoms with Gasteiger partial charge in [0.1, 0.15) is 0 Å². The quantitative estimate of drug-likeness (QED) is 0.755. The maximum atomic E-state index is 12.1. The minimum absolute atomic E-state index is 0.102. The van der Waals surface area contributed by atoms with E-state index in [4.69, 9.17) is 4.74 Å². The SMILES string of the molecule is C[C@H](OC(=O)Cc1ccc2c(c1)CCC2)C(=O)NC(=O)NCc1ccccc1. The number of ether oxygens (including phenoxy) is 1. The Labute approximate surface area is 164 Å². The second kappa shape index (κ2) is 9.17. The molecule has 0 aromatic heterocycles. The van der Waals surface area contributed by atoms with Gasteiger partial charge in [0.25, 0.3) is 5.91 Å². The van der Waals surface area contributed by atoms with Crippen LogP contribution in [0.1, 0.15) is 35.6 Å². The topological polar surface area (TPSA) is 84.5 Å². The van der Waals surface area contributed by atoms with Gasteiger partial charge in [-0.05, 0) is 48.4 Å². The molecule has 146 valence electrons. The maximum Gasteiger partial charge on any atom is 0.321 e. The second-order valence-electron chi connectivity index (χ2n) is 6.92. The summed E-state index contributed by atoms with van der Waals surface area (Å²) in [6, 6.07) is 14.7. The zero-order valence-electron chi connectivity index (χ0n) is 15.9. The van der Waals surface area contributed by atoms with E-state index in [9.17, 15) is 14.4 Å². The number of nitrogens with one attached hydrogen (secondary N) is 2. The minimum Gasteiger partial charge on any atom is -0.452 e. The highest BCUT2D eigenvalue weighted by Gasteiger charge is 2.20. The fourth-order valence-corrected chi connectivity index (χ4v) is 3.23. The number of imide groups is 1. The number of amides is 3. The molecule has 3 amide bonds. The van der Waals surface area contributed by atoms with E-state index < -0.39 is 24.0 Å². The summed E-state index contributed by atoms with van der Waals surface area (Å²) in [6.45, 7) is 1.74. The van der Waals surface area contributed by atoms with Gasteiger partial charge >= 0.3 is 12.0 Å². The van der Waals surface area contributed by atoms with Gasteiger partial charge in [-0.2, -0.15) is 0 Å². The summed E-state index contributed by atoms with van der Waals surface area (Å²) in [6.07, 6.45) is 2.32. The van der Waals surface area contributed by atoms with Crippen LogP contribution in [0.25, 0.3) is 0 Å². The summed E-state index contributed by atoms with van der Waals surface area (Å²) in [4.78, 5) is 36.0. The number of rotatable bonds is 6. The monoisotopic (exact) mass is 380 g/mol. The fraction of sp³-hybridized carbons (Fsp3) is 0.318. The van der Waals surface area contributed by atoms with E-state index in [1.165, 1.54) is 18.1 Å². The summed E-state index contributed by atoms with van der Waals surface area (Å²) < 4.78 is 5.17. The third-order valence-electron chi connectivity index (χ3n) is 4.72. The number of hydrogen-bond donors (Lipinski definition) is 2. The van der Waals surface area contributed by atoms with E-state index in [0.717, 1.165) is 30.4 Å². The Morgan fingerprint density at radius 2 is 1.75 bits per heavy atom. The maximum absolute atomic E-state index is 12.1. The first-order valence-electron chi connectivity index (χ1n) is 9.44. The molecule has 0 saturated heterocycles. The lowest BCUT2D eigenvalue weighted by molar-refractivity contribution is -0.153. The molecular weight excluding hydrogens is 356 g/mol. The van der Waals surface area contributed by atoms with E-state index in [1.54, 1.807) is 0 Å². The first kappa shape index (κ1) is 19.6. The van der Waals surface area contributed by atoms with Gasteiger partial charge in [-0.3, -0.25) is 14.9 Å². The van der Waals surface area contributed by atoms with Crippen LogP contribution in [0.5, 0.6) is 0 Å². The highest BCUT2D eigenvalue weighted by atomic mass is 16.5. The number of aryl methyl sites for hydroxylation is 2. The highest BCUT2D eigenvalue weighted by Crippen LogP contribution is 2.23. The molecule has 2 aromatic carbocycles. The van der Waals surface area contributed by atoms with Gasteiger partial charge in [-0.1, -0.05) is 48.5 Å². The molecule has 0 bridgehead atoms. The van der Waals surface area contributed by atoms with Crippen LogP contribution in [0.2, 0.25) is 0 Å². The van der Waals surface area contributed by atoms with Crippen molar-refractivity contribution in [2.24, 2.45) is 0 Å². The second-order valence-corrected chi connectivity index (χ2v) is 6.92. The average molecular weight is 380 g/mol. The Kier molecular flexibility index (Phi) is 6.42. The number of hydrogen-bond acceptors (Lipinski definition) is 4. The van der Waals surface area contributed by atoms with E-state index in [2.05, 4.69) is 16.7 Å². The van der Waals surface area contributed by atoms with Crippen molar-refractivity contribution in [2.75, 3.05) is 0 Å². The van der Waals surface area contributed by atoms with Crippen LogP contribution in [0.4, 0.5) is 4.79 Å². The number of carbonyl (C=O) groups is 3. The highest BCUT2D eigenvalue weighted by molar-refractivity contribution is 5.97. The Morgan fingerprint density at radius 1 is 1.00 bits per heavy atom. The van der Waals surface area contributed by atoms with Gasteiger partial charge < -0.3 is 10.1 Å². The number of esters is 1. The van der Waals surface area contributed by atoms with E-state index >= 15 is 0 Å². The van der Waals surface area contributed by atoms with Crippen molar-refractivity contribution in [2.45, 2.75) is 45.3 Å². The van der Waals surface area contributed by atoms with Crippen LogP contribution in [-0.2, 0) is 40.1 Å². The van der Waals surface area contributed by atoms with Gasteiger partial charge in [0.2, 0.25) is 0 Å². The van der Waals surface area contributed by atoms with Crippen molar-refractivity contribution in [1.82, 2.24) is 10.6 Å². The number of carbonyl (C=O) groups excluding carboxylic acids is 3. The third-order valence-corrected chi connectivity index (χ3v) is 4.72. The lowest BCUT2D eigenvalue weighted by atomic mass is 10.0. The van der Waals surface area contributed by atoms with Gasteiger partial charge in [0.05, 0.1) is 6.42 Å². The summed E-state index contributed by atoms with van der Waals surface area (Å²) in [5.74, 6) is -1.15. The number of benzene rings is 2. The Balaban J connectivity index is 1.43. The minimum atomic E-state index is -1.05. The molecule has 0 radical (unpaired) electrons. The lowest BCUT2D eigenvalue weighted by Gasteiger charge is -2.14. The van der Waals surface area contributed by atoms with Crippen molar-refractivity contribution in [3.8, 4) is 0 Å². The van der Waals surface area contributed by atoms with Crippen LogP contribution in [0, 0.1) is 0 Å². The molecule has 6 heteroatoms. The molecule has 0 aliphatic heterocycles. The smallest absolute Gasteiger partial charge is 0.321 e. The molecule has 1 aliphatic rings. The molecule has 2 N–H and O–H groups in total. The van der Waals surface area contributed by atoms with Crippen LogP contribution in [0.3, 0.4) is 0 Å².